The third-order valence-electron chi connectivity index (χ3n) is 3.17. The molecule has 20 heavy (non-hydrogen) atoms. The molecule has 0 saturated heterocycles. The summed E-state index contributed by atoms with van der Waals surface area (Å²) in [5.41, 5.74) is 2.08. The molecule has 0 saturated carbocycles. The average molecular weight is 294 g/mol. The highest BCUT2D eigenvalue weighted by molar-refractivity contribution is 7.89. The summed E-state index contributed by atoms with van der Waals surface area (Å²) < 4.78 is 24.1. The molecule has 0 amide bonds. The fraction of sp³-hybridized carbons (Fsp3) is 0.308. The smallest absolute Gasteiger partial charge is 0.238 e. The molecule has 3 N–H and O–H groups in total. The van der Waals surface area contributed by atoms with Crippen LogP contribution >= 0.6 is 0 Å². The second-order valence-electron chi connectivity index (χ2n) is 4.67. The van der Waals surface area contributed by atoms with Gasteiger partial charge in [-0.25, -0.2) is 13.6 Å². The van der Waals surface area contributed by atoms with Crippen LogP contribution in [0.2, 0.25) is 0 Å². The lowest BCUT2D eigenvalue weighted by Crippen LogP contribution is -2.20. The Morgan fingerprint density at radius 2 is 1.95 bits per heavy atom. The number of nitrogens with two attached hydrogens (primary N) is 1. The largest absolute Gasteiger partial charge is 0.305 e. The van der Waals surface area contributed by atoms with Crippen LogP contribution in [0.3, 0.4) is 0 Å². The Labute approximate surface area is 118 Å². The monoisotopic (exact) mass is 294 g/mol. The number of aryl methyl sites for hydroxylation is 1. The molecule has 1 unspecified atom stereocenters. The van der Waals surface area contributed by atoms with Crippen molar-refractivity contribution >= 4 is 10.0 Å². The molecule has 2 aromatic rings. The van der Waals surface area contributed by atoms with Gasteiger partial charge in [0.15, 0.2) is 0 Å². The molecule has 108 valence electrons. The molecule has 2 rings (SSSR count). The Bertz CT molecular complexity index is 677. The molecule has 1 heterocycles. The number of rotatable bonds is 5. The maximum atomic E-state index is 11.2. The van der Waals surface area contributed by atoms with Crippen LogP contribution in [0.25, 0.3) is 0 Å². The van der Waals surface area contributed by atoms with Gasteiger partial charge in [-0.15, -0.1) is 0 Å². The Kier molecular flexibility index (Phi) is 4.22. The minimum Gasteiger partial charge on any atom is -0.305 e. The zero-order valence-corrected chi connectivity index (χ0v) is 12.3. The van der Waals surface area contributed by atoms with E-state index in [4.69, 9.17) is 5.14 Å². The summed E-state index contributed by atoms with van der Waals surface area (Å²) in [5, 5.41) is 12.5. The lowest BCUT2D eigenvalue weighted by atomic mass is 10.2. The topological polar surface area (TPSA) is 90.0 Å². The Morgan fingerprint density at radius 3 is 2.45 bits per heavy atom. The van der Waals surface area contributed by atoms with E-state index in [0.717, 1.165) is 11.3 Å². The maximum absolute atomic E-state index is 11.2. The van der Waals surface area contributed by atoms with Crippen LogP contribution in [0.15, 0.2) is 41.4 Å². The van der Waals surface area contributed by atoms with Gasteiger partial charge in [0.1, 0.15) is 0 Å². The highest BCUT2D eigenvalue weighted by Crippen LogP contribution is 2.13. The van der Waals surface area contributed by atoms with Crippen LogP contribution in [-0.2, 0) is 23.6 Å². The predicted molar refractivity (Wildman–Crippen MR) is 76.3 cm³/mol. The number of aromatic nitrogens is 2. The van der Waals surface area contributed by atoms with Crippen LogP contribution in [0, 0.1) is 0 Å². The summed E-state index contributed by atoms with van der Waals surface area (Å²) >= 11 is 0. The van der Waals surface area contributed by atoms with Crippen molar-refractivity contribution < 1.29 is 8.42 Å². The van der Waals surface area contributed by atoms with Crippen LogP contribution < -0.4 is 10.5 Å². The molecule has 0 aliphatic rings. The predicted octanol–water partition coefficient (Wildman–Crippen LogP) is 0.918. The van der Waals surface area contributed by atoms with Crippen molar-refractivity contribution in [2.45, 2.75) is 24.4 Å². The highest BCUT2D eigenvalue weighted by Gasteiger charge is 2.10. The van der Waals surface area contributed by atoms with E-state index in [1.165, 1.54) is 12.1 Å². The molecule has 0 fully saturated rings. The SMILES string of the molecule is CC(NCc1ccc(S(N)(=O)=O)cc1)c1ccnn1C. The van der Waals surface area contributed by atoms with E-state index in [1.807, 2.05) is 17.8 Å². The molecule has 0 spiro atoms. The average Bonchev–Trinajstić information content (AvgIpc) is 2.82. The minimum absolute atomic E-state index is 0.126. The van der Waals surface area contributed by atoms with Crippen molar-refractivity contribution in [2.24, 2.45) is 12.2 Å². The molecule has 7 heteroatoms. The number of nitrogens with zero attached hydrogens (tertiary/aromatic N) is 2. The van der Waals surface area contributed by atoms with Gasteiger partial charge in [0, 0.05) is 25.8 Å². The first kappa shape index (κ1) is 14.7. The summed E-state index contributed by atoms with van der Waals surface area (Å²) in [7, 11) is -1.73. The van der Waals surface area contributed by atoms with Gasteiger partial charge in [-0.1, -0.05) is 12.1 Å². The van der Waals surface area contributed by atoms with Crippen molar-refractivity contribution in [1.29, 1.82) is 0 Å². The van der Waals surface area contributed by atoms with E-state index >= 15 is 0 Å². The van der Waals surface area contributed by atoms with Crippen LogP contribution in [0.4, 0.5) is 0 Å². The van der Waals surface area contributed by atoms with Crippen molar-refractivity contribution in [2.75, 3.05) is 0 Å². The molecule has 0 radical (unpaired) electrons. The summed E-state index contributed by atoms with van der Waals surface area (Å²) in [6.45, 7) is 2.69. The lowest BCUT2D eigenvalue weighted by Gasteiger charge is -2.14. The minimum atomic E-state index is -3.62. The van der Waals surface area contributed by atoms with Crippen LogP contribution in [0.1, 0.15) is 24.2 Å². The summed E-state index contributed by atoms with van der Waals surface area (Å²) in [4.78, 5) is 0.126. The fourth-order valence-electron chi connectivity index (χ4n) is 1.98. The quantitative estimate of drug-likeness (QED) is 0.858. The molecular formula is C13H18N4O2S. The number of hydrogen-bond acceptors (Lipinski definition) is 4. The highest BCUT2D eigenvalue weighted by atomic mass is 32.2. The third-order valence-corrected chi connectivity index (χ3v) is 4.10. The number of primary sulfonamides is 1. The number of sulfonamides is 1. The van der Waals surface area contributed by atoms with Crippen molar-refractivity contribution in [3.05, 3.63) is 47.8 Å². The van der Waals surface area contributed by atoms with E-state index in [9.17, 15) is 8.42 Å². The van der Waals surface area contributed by atoms with Gasteiger partial charge >= 0.3 is 0 Å². The zero-order chi connectivity index (χ0) is 14.8. The van der Waals surface area contributed by atoms with E-state index in [-0.39, 0.29) is 10.9 Å². The number of nitrogens with one attached hydrogen (secondary N) is 1. The van der Waals surface area contributed by atoms with Crippen molar-refractivity contribution in [1.82, 2.24) is 15.1 Å². The second kappa shape index (κ2) is 5.74. The third kappa shape index (κ3) is 3.44. The van der Waals surface area contributed by atoms with Crippen LogP contribution in [-0.4, -0.2) is 18.2 Å². The van der Waals surface area contributed by atoms with Crippen LogP contribution in [0.5, 0.6) is 0 Å². The maximum Gasteiger partial charge on any atom is 0.238 e. The second-order valence-corrected chi connectivity index (χ2v) is 6.23. The summed E-state index contributed by atoms with van der Waals surface area (Å²) in [5.74, 6) is 0. The fourth-order valence-corrected chi connectivity index (χ4v) is 2.50. The van der Waals surface area contributed by atoms with Gasteiger partial charge in [0.2, 0.25) is 10.0 Å². The standard InChI is InChI=1S/C13H18N4O2S/c1-10(13-7-8-16-17(13)2)15-9-11-3-5-12(6-4-11)20(14,18)19/h3-8,10,15H,9H2,1-2H3,(H2,14,18,19). The van der Waals surface area contributed by atoms with E-state index < -0.39 is 10.0 Å². The Balaban J connectivity index is 2.00. The van der Waals surface area contributed by atoms with Gasteiger partial charge in [-0.2, -0.15) is 5.10 Å². The molecule has 1 atom stereocenters. The molecule has 0 aliphatic heterocycles. The van der Waals surface area contributed by atoms with E-state index in [0.29, 0.717) is 6.54 Å². The molecule has 0 bridgehead atoms. The van der Waals surface area contributed by atoms with E-state index in [1.54, 1.807) is 18.3 Å². The van der Waals surface area contributed by atoms with Gasteiger partial charge < -0.3 is 5.32 Å². The van der Waals surface area contributed by atoms with E-state index in [2.05, 4.69) is 17.3 Å². The summed E-state index contributed by atoms with van der Waals surface area (Å²) in [6.07, 6.45) is 1.76. The molecular weight excluding hydrogens is 276 g/mol. The van der Waals surface area contributed by atoms with Gasteiger partial charge in [-0.3, -0.25) is 4.68 Å². The number of benzene rings is 1. The zero-order valence-electron chi connectivity index (χ0n) is 11.4. The Morgan fingerprint density at radius 1 is 1.30 bits per heavy atom. The molecule has 0 aliphatic carbocycles. The molecule has 6 nitrogen and oxygen atoms in total. The van der Waals surface area contributed by atoms with Gasteiger partial charge in [0.25, 0.3) is 0 Å². The van der Waals surface area contributed by atoms with Gasteiger partial charge in [0.05, 0.1) is 10.6 Å². The number of hydrogen-bond donors (Lipinski definition) is 2. The Hall–Kier alpha value is -1.70. The molecule has 1 aromatic carbocycles. The normalized spacial score (nSPS) is 13.3. The van der Waals surface area contributed by atoms with Crippen molar-refractivity contribution in [3.8, 4) is 0 Å². The van der Waals surface area contributed by atoms with Gasteiger partial charge in [-0.05, 0) is 30.7 Å². The molecule has 1 aromatic heterocycles. The first-order valence-electron chi connectivity index (χ1n) is 6.21. The van der Waals surface area contributed by atoms with Crippen molar-refractivity contribution in [3.63, 3.8) is 0 Å². The summed E-state index contributed by atoms with van der Waals surface area (Å²) in [6, 6.07) is 8.65. The first-order valence-corrected chi connectivity index (χ1v) is 7.75. The lowest BCUT2D eigenvalue weighted by molar-refractivity contribution is 0.529. The first-order chi connectivity index (χ1) is 9.38.